The number of ether oxygens (including phenoxy) is 1. The molecule has 1 saturated carbocycles. The minimum Gasteiger partial charge on any atom is -0.383 e. The van der Waals surface area contributed by atoms with Crippen LogP contribution in [0.1, 0.15) is 24.3 Å². The molecule has 4 nitrogen and oxygen atoms in total. The maximum atomic E-state index is 12.1. The fourth-order valence-electron chi connectivity index (χ4n) is 2.64. The molecule has 0 bridgehead atoms. The van der Waals surface area contributed by atoms with Crippen LogP contribution in [0.5, 0.6) is 0 Å². The lowest BCUT2D eigenvalue weighted by atomic mass is 10.1. The normalized spacial score (nSPS) is 20.2. The predicted octanol–water partition coefficient (Wildman–Crippen LogP) is 2.53. The number of methoxy groups -OCH3 is 1. The highest BCUT2D eigenvalue weighted by molar-refractivity contribution is 6.30. The average Bonchev–Trinajstić information content (AvgIpc) is 3.30. The van der Waals surface area contributed by atoms with Gasteiger partial charge in [0.05, 0.1) is 6.61 Å². The molecule has 0 spiro atoms. The molecule has 1 fully saturated rings. The molecule has 2 rings (SSSR count). The van der Waals surface area contributed by atoms with Crippen molar-refractivity contribution in [3.05, 3.63) is 34.9 Å². The predicted molar refractivity (Wildman–Crippen MR) is 89.3 cm³/mol. The summed E-state index contributed by atoms with van der Waals surface area (Å²) < 4.78 is 5.04. The molecule has 22 heavy (non-hydrogen) atoms. The van der Waals surface area contributed by atoms with E-state index in [4.69, 9.17) is 16.3 Å². The van der Waals surface area contributed by atoms with Crippen LogP contribution in [0, 0.1) is 5.92 Å². The molecule has 0 aliphatic heterocycles. The van der Waals surface area contributed by atoms with Crippen LogP contribution < -0.4 is 5.32 Å². The average molecular weight is 325 g/mol. The molecular formula is C17H25ClN2O2. The molecule has 0 radical (unpaired) electrons. The molecule has 0 saturated heterocycles. The molecule has 1 aromatic carbocycles. The van der Waals surface area contributed by atoms with Crippen molar-refractivity contribution in [2.24, 2.45) is 5.92 Å². The Bertz CT molecular complexity index is 495. The third-order valence-corrected chi connectivity index (χ3v) is 4.33. The van der Waals surface area contributed by atoms with Crippen LogP contribution in [0.2, 0.25) is 5.02 Å². The molecule has 1 aliphatic rings. The summed E-state index contributed by atoms with van der Waals surface area (Å²) in [4.78, 5) is 14.3. The quantitative estimate of drug-likeness (QED) is 0.710. The number of nitrogens with zero attached hydrogens (tertiary/aromatic N) is 1. The van der Waals surface area contributed by atoms with Crippen molar-refractivity contribution in [3.8, 4) is 0 Å². The Morgan fingerprint density at radius 1 is 1.45 bits per heavy atom. The summed E-state index contributed by atoms with van der Waals surface area (Å²) in [6.45, 7) is 3.36. The molecule has 122 valence electrons. The Morgan fingerprint density at radius 3 is 3.00 bits per heavy atom. The molecular weight excluding hydrogens is 300 g/mol. The Morgan fingerprint density at radius 2 is 2.27 bits per heavy atom. The minimum atomic E-state index is 0.115. The van der Waals surface area contributed by atoms with Crippen molar-refractivity contribution in [1.82, 2.24) is 10.2 Å². The van der Waals surface area contributed by atoms with Crippen LogP contribution in [-0.2, 0) is 9.53 Å². The first-order valence-corrected chi connectivity index (χ1v) is 8.20. The highest BCUT2D eigenvalue weighted by atomic mass is 35.5. The minimum absolute atomic E-state index is 0.115. The third kappa shape index (κ3) is 5.27. The van der Waals surface area contributed by atoms with Gasteiger partial charge >= 0.3 is 0 Å². The topological polar surface area (TPSA) is 41.6 Å². The second kappa shape index (κ2) is 8.51. The summed E-state index contributed by atoms with van der Waals surface area (Å²) in [5.41, 5.74) is 1.17. The molecule has 0 aromatic heterocycles. The van der Waals surface area contributed by atoms with E-state index in [1.54, 1.807) is 7.11 Å². The zero-order chi connectivity index (χ0) is 15.9. The Balaban J connectivity index is 1.63. The fraction of sp³-hybridized carbons (Fsp3) is 0.588. The number of benzene rings is 1. The van der Waals surface area contributed by atoms with Gasteiger partial charge < -0.3 is 15.0 Å². The summed E-state index contributed by atoms with van der Waals surface area (Å²) in [7, 11) is 3.77. The summed E-state index contributed by atoms with van der Waals surface area (Å²) >= 11 is 6.00. The van der Waals surface area contributed by atoms with E-state index in [2.05, 4.69) is 23.3 Å². The first-order valence-electron chi connectivity index (χ1n) is 7.82. The molecule has 0 heterocycles. The van der Waals surface area contributed by atoms with E-state index in [0.717, 1.165) is 44.1 Å². The Kier molecular flexibility index (Phi) is 6.68. The van der Waals surface area contributed by atoms with E-state index in [9.17, 15) is 4.79 Å². The van der Waals surface area contributed by atoms with E-state index < -0.39 is 0 Å². The van der Waals surface area contributed by atoms with Gasteiger partial charge in [0.1, 0.15) is 0 Å². The summed E-state index contributed by atoms with van der Waals surface area (Å²) in [5.74, 6) is 0.622. The Labute approximate surface area is 137 Å². The van der Waals surface area contributed by atoms with Gasteiger partial charge in [-0.05, 0) is 50.0 Å². The van der Waals surface area contributed by atoms with Crippen LogP contribution in [-0.4, -0.2) is 51.2 Å². The van der Waals surface area contributed by atoms with E-state index in [1.807, 2.05) is 18.2 Å². The van der Waals surface area contributed by atoms with Crippen molar-refractivity contribution in [1.29, 1.82) is 0 Å². The highest BCUT2D eigenvalue weighted by Crippen LogP contribution is 2.47. The van der Waals surface area contributed by atoms with Crippen LogP contribution in [0.3, 0.4) is 0 Å². The number of amides is 1. The zero-order valence-electron chi connectivity index (χ0n) is 13.3. The molecule has 1 amide bonds. The number of carbonyl (C=O) groups excluding carboxylic acids is 1. The van der Waals surface area contributed by atoms with Crippen LogP contribution in [0.25, 0.3) is 0 Å². The molecule has 5 heteroatoms. The number of nitrogens with one attached hydrogen (secondary N) is 1. The van der Waals surface area contributed by atoms with Gasteiger partial charge in [0, 0.05) is 31.1 Å². The van der Waals surface area contributed by atoms with Crippen LogP contribution in [0.15, 0.2) is 24.3 Å². The number of rotatable bonds is 9. The van der Waals surface area contributed by atoms with Gasteiger partial charge in [0.15, 0.2) is 0 Å². The largest absolute Gasteiger partial charge is 0.383 e. The van der Waals surface area contributed by atoms with Gasteiger partial charge in [-0.25, -0.2) is 0 Å². The van der Waals surface area contributed by atoms with Crippen molar-refractivity contribution in [3.63, 3.8) is 0 Å². The number of carbonyl (C=O) groups is 1. The van der Waals surface area contributed by atoms with Crippen LogP contribution in [0.4, 0.5) is 0 Å². The van der Waals surface area contributed by atoms with Gasteiger partial charge in [-0.3, -0.25) is 4.79 Å². The zero-order valence-corrected chi connectivity index (χ0v) is 14.1. The SMILES string of the molecule is COCCN(C)CCCNC(=O)C1CC1c1cccc(Cl)c1. The van der Waals surface area contributed by atoms with Crippen molar-refractivity contribution in [2.45, 2.75) is 18.8 Å². The molecule has 2 atom stereocenters. The lowest BCUT2D eigenvalue weighted by molar-refractivity contribution is -0.122. The third-order valence-electron chi connectivity index (χ3n) is 4.10. The lowest BCUT2D eigenvalue weighted by Gasteiger charge is -2.15. The van der Waals surface area contributed by atoms with Crippen molar-refractivity contribution in [2.75, 3.05) is 40.4 Å². The summed E-state index contributed by atoms with van der Waals surface area (Å²) in [6, 6.07) is 7.82. The smallest absolute Gasteiger partial charge is 0.223 e. The van der Waals surface area contributed by atoms with Gasteiger partial charge in [-0.2, -0.15) is 0 Å². The van der Waals surface area contributed by atoms with E-state index in [1.165, 1.54) is 5.56 Å². The number of halogens is 1. The second-order valence-electron chi connectivity index (χ2n) is 5.94. The fourth-order valence-corrected chi connectivity index (χ4v) is 2.84. The second-order valence-corrected chi connectivity index (χ2v) is 6.38. The summed E-state index contributed by atoms with van der Waals surface area (Å²) in [6.07, 6.45) is 1.89. The maximum Gasteiger partial charge on any atom is 0.223 e. The number of hydrogen-bond donors (Lipinski definition) is 1. The van der Waals surface area contributed by atoms with Gasteiger partial charge in [0.25, 0.3) is 0 Å². The van der Waals surface area contributed by atoms with Gasteiger partial charge in [-0.1, -0.05) is 23.7 Å². The van der Waals surface area contributed by atoms with Crippen molar-refractivity contribution >= 4 is 17.5 Å². The van der Waals surface area contributed by atoms with E-state index >= 15 is 0 Å². The first-order chi connectivity index (χ1) is 10.6. The number of likely N-dealkylation sites (N-methyl/N-ethyl adjacent to an activating group) is 1. The molecule has 2 unspecified atom stereocenters. The van der Waals surface area contributed by atoms with Crippen LogP contribution >= 0.6 is 11.6 Å². The number of hydrogen-bond acceptors (Lipinski definition) is 3. The first kappa shape index (κ1) is 17.3. The monoisotopic (exact) mass is 324 g/mol. The summed E-state index contributed by atoms with van der Waals surface area (Å²) in [5, 5.41) is 3.78. The Hall–Kier alpha value is -1.10. The molecule has 1 aliphatic carbocycles. The van der Waals surface area contributed by atoms with Gasteiger partial charge in [0.2, 0.25) is 5.91 Å². The highest BCUT2D eigenvalue weighted by Gasteiger charge is 2.43. The standard InChI is InChI=1S/C17H25ClN2O2/c1-20(9-10-22-2)8-4-7-19-17(21)16-12-15(16)13-5-3-6-14(18)11-13/h3,5-6,11,15-16H,4,7-10,12H2,1-2H3,(H,19,21). The molecule has 1 N–H and O–H groups in total. The van der Waals surface area contributed by atoms with E-state index in [-0.39, 0.29) is 11.8 Å². The van der Waals surface area contributed by atoms with E-state index in [0.29, 0.717) is 5.92 Å². The maximum absolute atomic E-state index is 12.1. The lowest BCUT2D eigenvalue weighted by Crippen LogP contribution is -2.30. The molecule has 1 aromatic rings. The van der Waals surface area contributed by atoms with Crippen molar-refractivity contribution < 1.29 is 9.53 Å². The van der Waals surface area contributed by atoms with Gasteiger partial charge in [-0.15, -0.1) is 0 Å².